The molecule has 4 heteroatoms. The van der Waals surface area contributed by atoms with Crippen molar-refractivity contribution < 1.29 is 14.6 Å². The molecule has 0 saturated carbocycles. The number of carboxylic acid groups (broad SMARTS) is 1. The third-order valence-electron chi connectivity index (χ3n) is 2.73. The molecular weight excluding hydrogens is 308 g/mol. The molecule has 0 aliphatic rings. The average Bonchev–Trinajstić information content (AvgIpc) is 2.40. The van der Waals surface area contributed by atoms with Gasteiger partial charge in [0.2, 0.25) is 0 Å². The van der Waals surface area contributed by atoms with Crippen LogP contribution >= 0.6 is 15.9 Å². The minimum atomic E-state index is -0.987. The number of rotatable bonds is 4. The summed E-state index contributed by atoms with van der Waals surface area (Å²) in [6, 6.07) is 12.9. The molecule has 2 rings (SSSR count). The van der Waals surface area contributed by atoms with Crippen LogP contribution in [0.2, 0.25) is 0 Å². The van der Waals surface area contributed by atoms with Crippen LogP contribution in [-0.4, -0.2) is 11.1 Å². The van der Waals surface area contributed by atoms with Crippen molar-refractivity contribution in [1.29, 1.82) is 0 Å². The lowest BCUT2D eigenvalue weighted by Crippen LogP contribution is -2.04. The van der Waals surface area contributed by atoms with Crippen LogP contribution in [0, 0.1) is 6.92 Å². The van der Waals surface area contributed by atoms with E-state index < -0.39 is 5.97 Å². The molecule has 0 fully saturated rings. The highest BCUT2D eigenvalue weighted by atomic mass is 79.9. The highest BCUT2D eigenvalue weighted by molar-refractivity contribution is 9.10. The first-order valence-corrected chi connectivity index (χ1v) is 6.57. The van der Waals surface area contributed by atoms with Gasteiger partial charge in [0.1, 0.15) is 17.9 Å². The zero-order valence-electron chi connectivity index (χ0n) is 10.4. The van der Waals surface area contributed by atoms with Gasteiger partial charge in [-0.1, -0.05) is 46.3 Å². The maximum atomic E-state index is 11.2. The Hall–Kier alpha value is -1.81. The zero-order valence-corrected chi connectivity index (χ0v) is 12.0. The number of hydrogen-bond donors (Lipinski definition) is 1. The lowest BCUT2D eigenvalue weighted by molar-refractivity contribution is 0.0691. The Morgan fingerprint density at radius 3 is 2.58 bits per heavy atom. The topological polar surface area (TPSA) is 46.5 Å². The summed E-state index contributed by atoms with van der Waals surface area (Å²) in [6.45, 7) is 2.19. The fraction of sp³-hybridized carbons (Fsp3) is 0.133. The van der Waals surface area contributed by atoms with Crippen molar-refractivity contribution in [3.63, 3.8) is 0 Å². The van der Waals surface area contributed by atoms with E-state index in [-0.39, 0.29) is 5.56 Å². The maximum Gasteiger partial charge on any atom is 0.339 e. The van der Waals surface area contributed by atoms with Crippen molar-refractivity contribution in [2.24, 2.45) is 0 Å². The van der Waals surface area contributed by atoms with Gasteiger partial charge < -0.3 is 9.84 Å². The molecule has 3 nitrogen and oxygen atoms in total. The van der Waals surface area contributed by atoms with Crippen LogP contribution in [0.25, 0.3) is 0 Å². The molecule has 1 N–H and O–H groups in total. The van der Waals surface area contributed by atoms with Gasteiger partial charge in [0, 0.05) is 4.47 Å². The molecular formula is C15H13BrO3. The normalized spacial score (nSPS) is 10.2. The largest absolute Gasteiger partial charge is 0.488 e. The standard InChI is InChI=1S/C15H13BrO3/c1-10-7-12(15(17)18)14(8-13(10)16)19-9-11-5-3-2-4-6-11/h2-8H,9H2,1H3,(H,17,18). The van der Waals surface area contributed by atoms with Crippen molar-refractivity contribution >= 4 is 21.9 Å². The SMILES string of the molecule is Cc1cc(C(=O)O)c(OCc2ccccc2)cc1Br. The van der Waals surface area contributed by atoms with Crippen LogP contribution in [0.1, 0.15) is 21.5 Å². The van der Waals surface area contributed by atoms with Gasteiger partial charge >= 0.3 is 5.97 Å². The molecule has 0 aliphatic carbocycles. The zero-order chi connectivity index (χ0) is 13.8. The van der Waals surface area contributed by atoms with E-state index in [2.05, 4.69) is 15.9 Å². The highest BCUT2D eigenvalue weighted by Gasteiger charge is 2.13. The minimum Gasteiger partial charge on any atom is -0.488 e. The van der Waals surface area contributed by atoms with E-state index in [0.29, 0.717) is 12.4 Å². The van der Waals surface area contributed by atoms with Crippen LogP contribution in [0.15, 0.2) is 46.9 Å². The Kier molecular flexibility index (Phi) is 4.22. The molecule has 98 valence electrons. The second kappa shape index (κ2) is 5.89. The van der Waals surface area contributed by atoms with Crippen molar-refractivity contribution in [3.05, 3.63) is 63.6 Å². The van der Waals surface area contributed by atoms with Crippen molar-refractivity contribution in [2.75, 3.05) is 0 Å². The summed E-state index contributed by atoms with van der Waals surface area (Å²) in [6.07, 6.45) is 0. The van der Waals surface area contributed by atoms with Crippen LogP contribution < -0.4 is 4.74 Å². The minimum absolute atomic E-state index is 0.177. The third kappa shape index (κ3) is 3.35. The molecule has 0 heterocycles. The first-order valence-electron chi connectivity index (χ1n) is 5.78. The number of ether oxygens (including phenoxy) is 1. The van der Waals surface area contributed by atoms with Crippen molar-refractivity contribution in [1.82, 2.24) is 0 Å². The predicted octanol–water partition coefficient (Wildman–Crippen LogP) is 4.03. The van der Waals surface area contributed by atoms with E-state index in [1.807, 2.05) is 37.3 Å². The number of aryl methyl sites for hydroxylation is 1. The first kappa shape index (κ1) is 13.6. The summed E-state index contributed by atoms with van der Waals surface area (Å²) < 4.78 is 6.44. The molecule has 0 atom stereocenters. The molecule has 0 bridgehead atoms. The summed E-state index contributed by atoms with van der Waals surface area (Å²) in [5.74, 6) is -0.618. The Balaban J connectivity index is 2.24. The van der Waals surface area contributed by atoms with Gasteiger partial charge in [-0.25, -0.2) is 4.79 Å². The number of benzene rings is 2. The molecule has 0 unspecified atom stereocenters. The second-order valence-electron chi connectivity index (χ2n) is 4.18. The van der Waals surface area contributed by atoms with Gasteiger partial charge in [0.15, 0.2) is 0 Å². The fourth-order valence-electron chi connectivity index (χ4n) is 1.69. The summed E-state index contributed by atoms with van der Waals surface area (Å²) >= 11 is 3.38. The van der Waals surface area contributed by atoms with E-state index in [4.69, 9.17) is 4.74 Å². The molecule has 19 heavy (non-hydrogen) atoms. The van der Waals surface area contributed by atoms with Gasteiger partial charge in [-0.3, -0.25) is 0 Å². The number of carboxylic acids is 1. The van der Waals surface area contributed by atoms with Crippen molar-refractivity contribution in [3.8, 4) is 5.75 Å². The van der Waals surface area contributed by atoms with Gasteiger partial charge in [-0.05, 0) is 30.2 Å². The Bertz CT molecular complexity index is 594. The first-order chi connectivity index (χ1) is 9.08. The van der Waals surface area contributed by atoms with Gasteiger partial charge in [-0.2, -0.15) is 0 Å². The number of hydrogen-bond acceptors (Lipinski definition) is 2. The van der Waals surface area contributed by atoms with Gasteiger partial charge in [-0.15, -0.1) is 0 Å². The molecule has 2 aromatic rings. The highest BCUT2D eigenvalue weighted by Crippen LogP contribution is 2.28. The van der Waals surface area contributed by atoms with E-state index >= 15 is 0 Å². The monoisotopic (exact) mass is 320 g/mol. The van der Waals surface area contributed by atoms with E-state index in [0.717, 1.165) is 15.6 Å². The summed E-state index contributed by atoms with van der Waals surface area (Å²) in [7, 11) is 0. The molecule has 0 saturated heterocycles. The van der Waals surface area contributed by atoms with E-state index in [1.54, 1.807) is 12.1 Å². The number of aromatic carboxylic acids is 1. The van der Waals surface area contributed by atoms with Crippen molar-refractivity contribution in [2.45, 2.75) is 13.5 Å². The molecule has 0 radical (unpaired) electrons. The third-order valence-corrected chi connectivity index (χ3v) is 3.58. The Morgan fingerprint density at radius 2 is 1.95 bits per heavy atom. The lowest BCUT2D eigenvalue weighted by Gasteiger charge is -2.11. The average molecular weight is 321 g/mol. The van der Waals surface area contributed by atoms with Gasteiger partial charge in [0.25, 0.3) is 0 Å². The molecule has 2 aromatic carbocycles. The molecule has 0 spiro atoms. The maximum absolute atomic E-state index is 11.2. The smallest absolute Gasteiger partial charge is 0.339 e. The fourth-order valence-corrected chi connectivity index (χ4v) is 2.01. The van der Waals surface area contributed by atoms with Crippen LogP contribution in [0.5, 0.6) is 5.75 Å². The molecule has 0 amide bonds. The van der Waals surface area contributed by atoms with Crippen LogP contribution in [-0.2, 0) is 6.61 Å². The molecule has 0 aromatic heterocycles. The lowest BCUT2D eigenvalue weighted by atomic mass is 10.1. The Morgan fingerprint density at radius 1 is 1.26 bits per heavy atom. The number of halogens is 1. The molecule has 0 aliphatic heterocycles. The summed E-state index contributed by atoms with van der Waals surface area (Å²) in [5, 5.41) is 9.18. The van der Waals surface area contributed by atoms with Crippen LogP contribution in [0.3, 0.4) is 0 Å². The summed E-state index contributed by atoms with van der Waals surface area (Å²) in [4.78, 5) is 11.2. The number of carbonyl (C=O) groups is 1. The van der Waals surface area contributed by atoms with E-state index in [9.17, 15) is 9.90 Å². The predicted molar refractivity (Wildman–Crippen MR) is 76.6 cm³/mol. The van der Waals surface area contributed by atoms with Crippen LogP contribution in [0.4, 0.5) is 0 Å². The second-order valence-corrected chi connectivity index (χ2v) is 5.03. The quantitative estimate of drug-likeness (QED) is 0.924. The summed E-state index contributed by atoms with van der Waals surface area (Å²) in [5.41, 5.74) is 2.04. The van der Waals surface area contributed by atoms with Gasteiger partial charge in [0.05, 0.1) is 0 Å². The van der Waals surface area contributed by atoms with E-state index in [1.165, 1.54) is 0 Å². The Labute approximate surface area is 120 Å².